The molecule has 160 valence electrons. The third kappa shape index (κ3) is 4.84. The Morgan fingerprint density at radius 1 is 1.17 bits per heavy atom. The summed E-state index contributed by atoms with van der Waals surface area (Å²) in [5, 5.41) is 0. The summed E-state index contributed by atoms with van der Waals surface area (Å²) in [4.78, 5) is 32.4. The number of pyridine rings is 1. The Morgan fingerprint density at radius 3 is 2.47 bits per heavy atom. The predicted molar refractivity (Wildman–Crippen MR) is 117 cm³/mol. The molecule has 1 aliphatic heterocycles. The first-order valence-electron chi connectivity index (χ1n) is 9.75. The topological polar surface area (TPSA) is 98.0 Å². The second-order valence-corrected chi connectivity index (χ2v) is 7.74. The first-order valence-corrected chi connectivity index (χ1v) is 10.5. The SMILES string of the molecule is CCCOc1c(Br)cc(C(=O)N2CCN(c3ccc(C(N)=O)cn3)CC2)cc1OC. The number of hydrogen-bond acceptors (Lipinski definition) is 6. The van der Waals surface area contributed by atoms with Crippen LogP contribution in [-0.2, 0) is 0 Å². The van der Waals surface area contributed by atoms with E-state index in [2.05, 4.69) is 25.8 Å². The van der Waals surface area contributed by atoms with Gasteiger partial charge in [-0.2, -0.15) is 0 Å². The quantitative estimate of drug-likeness (QED) is 0.659. The lowest BCUT2D eigenvalue weighted by atomic mass is 10.1. The number of aromatic nitrogens is 1. The summed E-state index contributed by atoms with van der Waals surface area (Å²) in [6, 6.07) is 6.92. The van der Waals surface area contributed by atoms with Crippen LogP contribution in [0.1, 0.15) is 34.1 Å². The molecule has 8 nitrogen and oxygen atoms in total. The van der Waals surface area contributed by atoms with Crippen LogP contribution in [0.25, 0.3) is 0 Å². The minimum Gasteiger partial charge on any atom is -0.493 e. The van der Waals surface area contributed by atoms with E-state index in [-0.39, 0.29) is 5.91 Å². The van der Waals surface area contributed by atoms with Gasteiger partial charge in [-0.05, 0) is 46.6 Å². The van der Waals surface area contributed by atoms with Crippen molar-refractivity contribution in [2.45, 2.75) is 13.3 Å². The van der Waals surface area contributed by atoms with Crippen molar-refractivity contribution in [3.05, 3.63) is 46.1 Å². The Kier molecular flexibility index (Phi) is 7.15. The van der Waals surface area contributed by atoms with E-state index in [4.69, 9.17) is 15.2 Å². The number of amides is 2. The Labute approximate surface area is 184 Å². The maximum absolute atomic E-state index is 13.0. The van der Waals surface area contributed by atoms with Crippen molar-refractivity contribution in [2.75, 3.05) is 44.8 Å². The number of nitrogens with two attached hydrogens (primary N) is 1. The molecule has 1 aromatic heterocycles. The molecule has 0 saturated carbocycles. The fourth-order valence-electron chi connectivity index (χ4n) is 3.23. The average molecular weight is 477 g/mol. The van der Waals surface area contributed by atoms with Gasteiger partial charge >= 0.3 is 0 Å². The summed E-state index contributed by atoms with van der Waals surface area (Å²) in [5.41, 5.74) is 6.17. The van der Waals surface area contributed by atoms with E-state index in [1.165, 1.54) is 6.20 Å². The second kappa shape index (κ2) is 9.80. The zero-order valence-electron chi connectivity index (χ0n) is 17.1. The number of hydrogen-bond donors (Lipinski definition) is 1. The standard InChI is InChI=1S/C21H25BrN4O4/c1-3-10-30-19-16(22)11-15(12-17(19)29-2)21(28)26-8-6-25(7-9-26)18-5-4-14(13-24-18)20(23)27/h4-5,11-13H,3,6-10H2,1-2H3,(H2,23,27). The van der Waals surface area contributed by atoms with E-state index >= 15 is 0 Å². The van der Waals surface area contributed by atoms with Crippen LogP contribution < -0.4 is 20.1 Å². The molecule has 9 heteroatoms. The van der Waals surface area contributed by atoms with Crippen molar-refractivity contribution in [1.82, 2.24) is 9.88 Å². The summed E-state index contributed by atoms with van der Waals surface area (Å²) < 4.78 is 11.9. The van der Waals surface area contributed by atoms with Gasteiger partial charge in [0.25, 0.3) is 5.91 Å². The van der Waals surface area contributed by atoms with Gasteiger partial charge in [-0.15, -0.1) is 0 Å². The lowest BCUT2D eigenvalue weighted by molar-refractivity contribution is 0.0745. The highest BCUT2D eigenvalue weighted by molar-refractivity contribution is 9.10. The van der Waals surface area contributed by atoms with E-state index in [1.807, 2.05) is 11.8 Å². The minimum absolute atomic E-state index is 0.0623. The number of carbonyl (C=O) groups is 2. The Morgan fingerprint density at radius 2 is 1.90 bits per heavy atom. The summed E-state index contributed by atoms with van der Waals surface area (Å²) >= 11 is 3.49. The molecular formula is C21H25BrN4O4. The monoisotopic (exact) mass is 476 g/mol. The van der Waals surface area contributed by atoms with Crippen molar-refractivity contribution in [1.29, 1.82) is 0 Å². The highest BCUT2D eigenvalue weighted by Crippen LogP contribution is 2.37. The van der Waals surface area contributed by atoms with Gasteiger partial charge in [-0.25, -0.2) is 4.98 Å². The fourth-order valence-corrected chi connectivity index (χ4v) is 3.78. The molecule has 2 amide bonds. The Hall–Kier alpha value is -2.81. The van der Waals surface area contributed by atoms with Crippen LogP contribution in [0.4, 0.5) is 5.82 Å². The molecule has 0 atom stereocenters. The van der Waals surface area contributed by atoms with Crippen LogP contribution in [-0.4, -0.2) is 61.6 Å². The van der Waals surface area contributed by atoms with Crippen molar-refractivity contribution in [2.24, 2.45) is 5.73 Å². The molecule has 1 aromatic carbocycles. The van der Waals surface area contributed by atoms with E-state index in [1.54, 1.807) is 31.4 Å². The number of carbonyl (C=O) groups excluding carboxylic acids is 2. The van der Waals surface area contributed by atoms with Gasteiger partial charge in [0.15, 0.2) is 11.5 Å². The first-order chi connectivity index (χ1) is 14.4. The molecule has 30 heavy (non-hydrogen) atoms. The van der Waals surface area contributed by atoms with Crippen LogP contribution in [0.3, 0.4) is 0 Å². The van der Waals surface area contributed by atoms with Crippen molar-refractivity contribution < 1.29 is 19.1 Å². The van der Waals surface area contributed by atoms with Crippen molar-refractivity contribution >= 4 is 33.6 Å². The van der Waals surface area contributed by atoms with E-state index in [0.717, 1.165) is 12.2 Å². The maximum Gasteiger partial charge on any atom is 0.254 e. The molecule has 0 radical (unpaired) electrons. The summed E-state index contributed by atoms with van der Waals surface area (Å²) in [6.45, 7) is 5.01. The highest BCUT2D eigenvalue weighted by atomic mass is 79.9. The second-order valence-electron chi connectivity index (χ2n) is 6.89. The predicted octanol–water partition coefficient (Wildman–Crippen LogP) is 2.70. The maximum atomic E-state index is 13.0. The van der Waals surface area contributed by atoms with Crippen LogP contribution in [0.5, 0.6) is 11.5 Å². The number of ether oxygens (including phenoxy) is 2. The van der Waals surface area contributed by atoms with Crippen LogP contribution in [0.15, 0.2) is 34.9 Å². The number of rotatable bonds is 7. The normalized spacial score (nSPS) is 13.8. The van der Waals surface area contributed by atoms with Gasteiger partial charge in [0.05, 0.1) is 23.8 Å². The lowest BCUT2D eigenvalue weighted by Crippen LogP contribution is -2.49. The van der Waals surface area contributed by atoms with Gasteiger partial charge in [0.1, 0.15) is 5.82 Å². The van der Waals surface area contributed by atoms with Gasteiger partial charge in [-0.1, -0.05) is 6.92 Å². The number of methoxy groups -OCH3 is 1. The third-order valence-electron chi connectivity index (χ3n) is 4.85. The lowest BCUT2D eigenvalue weighted by Gasteiger charge is -2.35. The van der Waals surface area contributed by atoms with Crippen LogP contribution in [0.2, 0.25) is 0 Å². The largest absolute Gasteiger partial charge is 0.493 e. The summed E-state index contributed by atoms with van der Waals surface area (Å²) in [7, 11) is 1.56. The number of anilines is 1. The van der Waals surface area contributed by atoms with Crippen LogP contribution >= 0.6 is 15.9 Å². The summed E-state index contributed by atoms with van der Waals surface area (Å²) in [5.74, 6) is 1.32. The Bertz CT molecular complexity index is 912. The molecule has 0 unspecified atom stereocenters. The van der Waals surface area contributed by atoms with E-state index < -0.39 is 5.91 Å². The van der Waals surface area contributed by atoms with Gasteiger partial charge < -0.3 is 25.0 Å². The van der Waals surface area contributed by atoms with E-state index in [0.29, 0.717) is 59.9 Å². The molecule has 1 fully saturated rings. The fraction of sp³-hybridized carbons (Fsp3) is 0.381. The molecule has 2 N–H and O–H groups in total. The zero-order valence-corrected chi connectivity index (χ0v) is 18.6. The minimum atomic E-state index is -0.503. The first kappa shape index (κ1) is 21.9. The average Bonchev–Trinajstić information content (AvgIpc) is 2.77. The molecule has 2 aromatic rings. The molecule has 1 saturated heterocycles. The molecule has 0 bridgehead atoms. The number of nitrogens with zero attached hydrogens (tertiary/aromatic N) is 3. The van der Waals surface area contributed by atoms with Gasteiger partial charge in [0.2, 0.25) is 5.91 Å². The number of primary amides is 1. The van der Waals surface area contributed by atoms with Crippen molar-refractivity contribution in [3.8, 4) is 11.5 Å². The number of piperazine rings is 1. The number of halogens is 1. The smallest absolute Gasteiger partial charge is 0.254 e. The highest BCUT2D eigenvalue weighted by Gasteiger charge is 2.25. The molecule has 2 heterocycles. The summed E-state index contributed by atoms with van der Waals surface area (Å²) in [6.07, 6.45) is 2.35. The zero-order chi connectivity index (χ0) is 21.7. The molecular weight excluding hydrogens is 452 g/mol. The number of benzene rings is 1. The molecule has 0 spiro atoms. The molecule has 3 rings (SSSR count). The van der Waals surface area contributed by atoms with Gasteiger partial charge in [0, 0.05) is 37.9 Å². The Balaban J connectivity index is 1.67. The van der Waals surface area contributed by atoms with E-state index in [9.17, 15) is 9.59 Å². The van der Waals surface area contributed by atoms with Crippen LogP contribution in [0, 0.1) is 0 Å². The van der Waals surface area contributed by atoms with Gasteiger partial charge in [-0.3, -0.25) is 9.59 Å². The van der Waals surface area contributed by atoms with Crippen molar-refractivity contribution in [3.63, 3.8) is 0 Å². The molecule has 1 aliphatic rings. The molecule has 0 aliphatic carbocycles. The third-order valence-corrected chi connectivity index (χ3v) is 5.44.